The lowest BCUT2D eigenvalue weighted by atomic mass is 10.2. The van der Waals surface area contributed by atoms with Gasteiger partial charge in [0.05, 0.1) is 0 Å². The molecule has 0 spiro atoms. The van der Waals surface area contributed by atoms with E-state index in [4.69, 9.17) is 17.3 Å². The summed E-state index contributed by atoms with van der Waals surface area (Å²) in [5.41, 5.74) is 9.11. The fourth-order valence-corrected chi connectivity index (χ4v) is 2.66. The first-order chi connectivity index (χ1) is 8.15. The molecule has 88 valence electrons. The molecule has 0 saturated heterocycles. The zero-order chi connectivity index (χ0) is 12.3. The largest absolute Gasteiger partial charge is 0.398 e. The number of hydrogen-bond donors (Lipinski definition) is 1. The van der Waals surface area contributed by atoms with E-state index in [1.165, 1.54) is 5.56 Å². The van der Waals surface area contributed by atoms with Gasteiger partial charge in [-0.15, -0.1) is 11.8 Å². The highest BCUT2D eigenvalue weighted by molar-refractivity contribution is 7.98. The molecule has 2 nitrogen and oxygen atoms in total. The van der Waals surface area contributed by atoms with Gasteiger partial charge in [-0.25, -0.2) is 4.98 Å². The second-order valence-corrected chi connectivity index (χ2v) is 5.22. The van der Waals surface area contributed by atoms with Gasteiger partial charge >= 0.3 is 0 Å². The maximum atomic E-state index is 5.92. The van der Waals surface area contributed by atoms with Crippen molar-refractivity contribution in [1.29, 1.82) is 0 Å². The monoisotopic (exact) mass is 264 g/mol. The number of nitrogen functional groups attached to an aromatic ring is 1. The number of anilines is 1. The summed E-state index contributed by atoms with van der Waals surface area (Å²) in [5.74, 6) is 0.843. The smallest absolute Gasteiger partial charge is 0.129 e. The van der Waals surface area contributed by atoms with E-state index in [-0.39, 0.29) is 0 Å². The number of hydrogen-bond acceptors (Lipinski definition) is 3. The molecule has 2 aromatic rings. The summed E-state index contributed by atoms with van der Waals surface area (Å²) in [6.45, 7) is 2.06. The van der Waals surface area contributed by atoms with Crippen LogP contribution in [0.4, 0.5) is 5.69 Å². The SMILES string of the molecule is Cc1ccc(N)c(SCc2ccnc(Cl)c2)c1. The van der Waals surface area contributed by atoms with E-state index in [2.05, 4.69) is 18.0 Å². The Morgan fingerprint density at radius 3 is 2.88 bits per heavy atom. The normalized spacial score (nSPS) is 10.5. The topological polar surface area (TPSA) is 38.9 Å². The fourth-order valence-electron chi connectivity index (χ4n) is 1.46. The molecule has 1 aromatic carbocycles. The predicted octanol–water partition coefficient (Wildman–Crippen LogP) is 3.92. The van der Waals surface area contributed by atoms with Crippen LogP contribution in [0.1, 0.15) is 11.1 Å². The molecule has 0 aliphatic rings. The third kappa shape index (κ3) is 3.38. The Hall–Kier alpha value is -1.19. The number of aromatic nitrogens is 1. The van der Waals surface area contributed by atoms with Crippen molar-refractivity contribution < 1.29 is 0 Å². The molecule has 0 amide bonds. The van der Waals surface area contributed by atoms with Crippen LogP contribution in [0.5, 0.6) is 0 Å². The number of rotatable bonds is 3. The van der Waals surface area contributed by atoms with E-state index in [1.54, 1.807) is 18.0 Å². The van der Waals surface area contributed by atoms with Crippen LogP contribution >= 0.6 is 23.4 Å². The molecule has 0 saturated carbocycles. The van der Waals surface area contributed by atoms with Crippen molar-refractivity contribution >= 4 is 29.1 Å². The summed E-state index contributed by atoms with van der Waals surface area (Å²) in [7, 11) is 0. The van der Waals surface area contributed by atoms with Crippen molar-refractivity contribution in [3.63, 3.8) is 0 Å². The Kier molecular flexibility index (Phi) is 3.92. The molecule has 0 fully saturated rings. The molecule has 0 bridgehead atoms. The highest BCUT2D eigenvalue weighted by atomic mass is 35.5. The summed E-state index contributed by atoms with van der Waals surface area (Å²) >= 11 is 7.55. The summed E-state index contributed by atoms with van der Waals surface area (Å²) in [4.78, 5) is 5.07. The Morgan fingerprint density at radius 2 is 2.12 bits per heavy atom. The molecule has 2 N–H and O–H groups in total. The summed E-state index contributed by atoms with van der Waals surface area (Å²) < 4.78 is 0. The molecule has 0 unspecified atom stereocenters. The molecule has 0 aliphatic heterocycles. The van der Waals surface area contributed by atoms with Crippen LogP contribution in [0.25, 0.3) is 0 Å². The predicted molar refractivity (Wildman–Crippen MR) is 74.4 cm³/mol. The quantitative estimate of drug-likeness (QED) is 0.519. The van der Waals surface area contributed by atoms with Gasteiger partial charge < -0.3 is 5.73 Å². The summed E-state index contributed by atoms with van der Waals surface area (Å²) in [6.07, 6.45) is 1.72. The van der Waals surface area contributed by atoms with Crippen molar-refractivity contribution in [2.45, 2.75) is 17.6 Å². The molecule has 2 rings (SSSR count). The minimum Gasteiger partial charge on any atom is -0.398 e. The van der Waals surface area contributed by atoms with E-state index in [0.717, 1.165) is 21.9 Å². The first-order valence-corrected chi connectivity index (χ1v) is 6.61. The van der Waals surface area contributed by atoms with Crippen molar-refractivity contribution in [2.24, 2.45) is 0 Å². The molecule has 17 heavy (non-hydrogen) atoms. The van der Waals surface area contributed by atoms with Crippen molar-refractivity contribution in [2.75, 3.05) is 5.73 Å². The highest BCUT2D eigenvalue weighted by Gasteiger charge is 2.02. The molecular formula is C13H13ClN2S. The lowest BCUT2D eigenvalue weighted by Crippen LogP contribution is -1.90. The van der Waals surface area contributed by atoms with Gasteiger partial charge in [0.25, 0.3) is 0 Å². The van der Waals surface area contributed by atoms with E-state index in [0.29, 0.717) is 5.15 Å². The fraction of sp³-hybridized carbons (Fsp3) is 0.154. The Bertz CT molecular complexity index is 529. The lowest BCUT2D eigenvalue weighted by molar-refractivity contribution is 1.27. The molecule has 0 aliphatic carbocycles. The minimum absolute atomic E-state index is 0.528. The third-order valence-corrected chi connectivity index (χ3v) is 3.70. The first-order valence-electron chi connectivity index (χ1n) is 5.24. The van der Waals surface area contributed by atoms with E-state index < -0.39 is 0 Å². The van der Waals surface area contributed by atoms with Crippen molar-refractivity contribution in [3.05, 3.63) is 52.8 Å². The Labute approximate surface area is 110 Å². The van der Waals surface area contributed by atoms with E-state index in [1.807, 2.05) is 24.3 Å². The van der Waals surface area contributed by atoms with Crippen LogP contribution in [0.2, 0.25) is 5.15 Å². The van der Waals surface area contributed by atoms with Crippen LogP contribution in [-0.4, -0.2) is 4.98 Å². The van der Waals surface area contributed by atoms with Gasteiger partial charge in [-0.1, -0.05) is 17.7 Å². The molecule has 1 heterocycles. The summed E-state index contributed by atoms with van der Waals surface area (Å²) in [6, 6.07) is 9.90. The zero-order valence-electron chi connectivity index (χ0n) is 9.48. The van der Waals surface area contributed by atoms with Gasteiger partial charge in [0.2, 0.25) is 0 Å². The van der Waals surface area contributed by atoms with Crippen LogP contribution in [0.3, 0.4) is 0 Å². The second kappa shape index (κ2) is 5.43. The Morgan fingerprint density at radius 1 is 1.29 bits per heavy atom. The molecule has 0 radical (unpaired) electrons. The van der Waals surface area contributed by atoms with E-state index in [9.17, 15) is 0 Å². The van der Waals surface area contributed by atoms with Crippen LogP contribution < -0.4 is 5.73 Å². The maximum absolute atomic E-state index is 5.92. The van der Waals surface area contributed by atoms with Gasteiger partial charge in [0.1, 0.15) is 5.15 Å². The number of nitrogens with two attached hydrogens (primary N) is 1. The number of thioether (sulfide) groups is 1. The van der Waals surface area contributed by atoms with Gasteiger partial charge in [0, 0.05) is 22.5 Å². The number of pyridine rings is 1. The lowest BCUT2D eigenvalue weighted by Gasteiger charge is -2.06. The second-order valence-electron chi connectivity index (χ2n) is 3.82. The summed E-state index contributed by atoms with van der Waals surface area (Å²) in [5, 5.41) is 0.528. The van der Waals surface area contributed by atoms with Crippen LogP contribution in [-0.2, 0) is 5.75 Å². The van der Waals surface area contributed by atoms with Crippen LogP contribution in [0, 0.1) is 6.92 Å². The minimum atomic E-state index is 0.528. The van der Waals surface area contributed by atoms with Crippen molar-refractivity contribution in [1.82, 2.24) is 4.98 Å². The zero-order valence-corrected chi connectivity index (χ0v) is 11.1. The first kappa shape index (κ1) is 12.3. The third-order valence-electron chi connectivity index (χ3n) is 2.35. The van der Waals surface area contributed by atoms with Gasteiger partial charge in [-0.05, 0) is 42.3 Å². The van der Waals surface area contributed by atoms with Crippen LogP contribution in [0.15, 0.2) is 41.4 Å². The highest BCUT2D eigenvalue weighted by Crippen LogP contribution is 2.29. The number of aryl methyl sites for hydroxylation is 1. The number of benzene rings is 1. The maximum Gasteiger partial charge on any atom is 0.129 e. The average Bonchev–Trinajstić information content (AvgIpc) is 2.30. The van der Waals surface area contributed by atoms with Gasteiger partial charge in [-0.3, -0.25) is 0 Å². The molecule has 0 atom stereocenters. The van der Waals surface area contributed by atoms with Gasteiger partial charge in [-0.2, -0.15) is 0 Å². The van der Waals surface area contributed by atoms with E-state index >= 15 is 0 Å². The standard InChI is InChI=1S/C13H13ClN2S/c1-9-2-3-11(15)12(6-9)17-8-10-4-5-16-13(14)7-10/h2-7H,8,15H2,1H3. The molecule has 4 heteroatoms. The molecular weight excluding hydrogens is 252 g/mol. The number of halogens is 1. The molecule has 1 aromatic heterocycles. The number of nitrogens with zero attached hydrogens (tertiary/aromatic N) is 1. The average molecular weight is 265 g/mol. The van der Waals surface area contributed by atoms with Crippen molar-refractivity contribution in [3.8, 4) is 0 Å². The Balaban J connectivity index is 2.09. The van der Waals surface area contributed by atoms with Gasteiger partial charge in [0.15, 0.2) is 0 Å².